The van der Waals surface area contributed by atoms with Crippen LogP contribution < -0.4 is 5.32 Å². The second-order valence-electron chi connectivity index (χ2n) is 6.35. The van der Waals surface area contributed by atoms with Crippen LogP contribution in [-0.4, -0.2) is 29.8 Å². The summed E-state index contributed by atoms with van der Waals surface area (Å²) >= 11 is 0. The van der Waals surface area contributed by atoms with E-state index in [1.54, 1.807) is 10.9 Å². The lowest BCUT2D eigenvalue weighted by molar-refractivity contribution is 0.546. The molecule has 7 heteroatoms. The van der Waals surface area contributed by atoms with E-state index in [9.17, 15) is 0 Å². The molecule has 2 heterocycles. The normalized spacial score (nSPS) is 15.6. The van der Waals surface area contributed by atoms with E-state index < -0.39 is 0 Å². The molecule has 1 aliphatic carbocycles. The maximum absolute atomic E-state index is 4.33. The molecule has 7 nitrogen and oxygen atoms in total. The molecule has 0 radical (unpaired) electrons. The van der Waals surface area contributed by atoms with Crippen LogP contribution in [0.5, 0.6) is 0 Å². The molecule has 2 aromatic heterocycles. The van der Waals surface area contributed by atoms with Crippen molar-refractivity contribution in [2.24, 2.45) is 7.05 Å². The van der Waals surface area contributed by atoms with Crippen LogP contribution in [0.4, 0.5) is 0 Å². The fourth-order valence-electron chi connectivity index (χ4n) is 2.85. The molecular formula is C17H21N7. The second kappa shape index (κ2) is 6.16. The van der Waals surface area contributed by atoms with Crippen molar-refractivity contribution in [2.45, 2.75) is 38.3 Å². The fraction of sp³-hybridized carbons (Fsp3) is 0.412. The van der Waals surface area contributed by atoms with E-state index in [0.717, 1.165) is 17.3 Å². The molecule has 1 unspecified atom stereocenters. The summed E-state index contributed by atoms with van der Waals surface area (Å²) in [5.74, 6) is 2.73. The fourth-order valence-corrected chi connectivity index (χ4v) is 2.85. The highest BCUT2D eigenvalue weighted by molar-refractivity contribution is 5.34. The average molecular weight is 323 g/mol. The predicted molar refractivity (Wildman–Crippen MR) is 89.6 cm³/mol. The second-order valence-corrected chi connectivity index (χ2v) is 6.35. The van der Waals surface area contributed by atoms with Gasteiger partial charge >= 0.3 is 0 Å². The van der Waals surface area contributed by atoms with Crippen LogP contribution in [0.2, 0.25) is 0 Å². The van der Waals surface area contributed by atoms with Crippen molar-refractivity contribution >= 4 is 0 Å². The Morgan fingerprint density at radius 3 is 2.67 bits per heavy atom. The van der Waals surface area contributed by atoms with E-state index in [4.69, 9.17) is 0 Å². The standard InChI is InChI=1S/C17H21N7/c1-12(13-5-7-15(8-6-13)24-10-9-19-22-24)18-11-16-20-21-17(23(16)2)14-3-4-14/h5-10,12,14,18H,3-4,11H2,1-2H3. The first-order valence-electron chi connectivity index (χ1n) is 8.30. The van der Waals surface area contributed by atoms with Crippen LogP contribution >= 0.6 is 0 Å². The molecule has 1 fully saturated rings. The van der Waals surface area contributed by atoms with Gasteiger partial charge in [0, 0.05) is 19.0 Å². The third-order valence-electron chi connectivity index (χ3n) is 4.59. The summed E-state index contributed by atoms with van der Waals surface area (Å²) in [5, 5.41) is 20.0. The van der Waals surface area contributed by atoms with Crippen molar-refractivity contribution in [3.05, 3.63) is 53.9 Å². The van der Waals surface area contributed by atoms with Gasteiger partial charge in [-0.05, 0) is 37.5 Å². The summed E-state index contributed by atoms with van der Waals surface area (Å²) in [6.45, 7) is 2.87. The number of hydrogen-bond acceptors (Lipinski definition) is 5. The molecule has 3 aromatic rings. The first kappa shape index (κ1) is 15.0. The Morgan fingerprint density at radius 1 is 1.21 bits per heavy atom. The average Bonchev–Trinajstić information content (AvgIpc) is 3.16. The van der Waals surface area contributed by atoms with Gasteiger partial charge in [0.2, 0.25) is 0 Å². The van der Waals surface area contributed by atoms with Gasteiger partial charge in [0.25, 0.3) is 0 Å². The SMILES string of the molecule is CC(NCc1nnc(C2CC2)n1C)c1ccc(-n2ccnn2)cc1. The first-order chi connectivity index (χ1) is 11.7. The van der Waals surface area contributed by atoms with Crippen LogP contribution in [0.1, 0.15) is 48.9 Å². The Morgan fingerprint density at radius 2 is 2.00 bits per heavy atom. The summed E-state index contributed by atoms with van der Waals surface area (Å²) in [6, 6.07) is 8.56. The minimum Gasteiger partial charge on any atom is -0.317 e. The summed E-state index contributed by atoms with van der Waals surface area (Å²) in [7, 11) is 2.06. The number of hydrogen-bond donors (Lipinski definition) is 1. The highest BCUT2D eigenvalue weighted by atomic mass is 15.4. The zero-order chi connectivity index (χ0) is 16.5. The maximum Gasteiger partial charge on any atom is 0.146 e. The summed E-state index contributed by atoms with van der Waals surface area (Å²) in [5.41, 5.74) is 2.23. The van der Waals surface area contributed by atoms with Crippen LogP contribution in [0.3, 0.4) is 0 Å². The van der Waals surface area contributed by atoms with Crippen molar-refractivity contribution in [2.75, 3.05) is 0 Å². The molecule has 0 aliphatic heterocycles. The Kier molecular flexibility index (Phi) is 3.86. The lowest BCUT2D eigenvalue weighted by Gasteiger charge is -2.14. The number of nitrogens with zero attached hydrogens (tertiary/aromatic N) is 6. The Balaban J connectivity index is 1.40. The highest BCUT2D eigenvalue weighted by Crippen LogP contribution is 2.38. The predicted octanol–water partition coefficient (Wildman–Crippen LogP) is 2.12. The lowest BCUT2D eigenvalue weighted by atomic mass is 10.1. The van der Waals surface area contributed by atoms with E-state index in [2.05, 4.69) is 68.6 Å². The van der Waals surface area contributed by atoms with Gasteiger partial charge in [-0.15, -0.1) is 15.3 Å². The minimum atomic E-state index is 0.232. The Labute approximate surface area is 140 Å². The topological polar surface area (TPSA) is 73.5 Å². The molecule has 1 atom stereocenters. The molecule has 1 saturated carbocycles. The number of benzene rings is 1. The van der Waals surface area contributed by atoms with E-state index in [-0.39, 0.29) is 6.04 Å². The van der Waals surface area contributed by atoms with Crippen LogP contribution in [0, 0.1) is 0 Å². The molecule has 0 bridgehead atoms. The number of rotatable bonds is 6. The van der Waals surface area contributed by atoms with Gasteiger partial charge in [0.1, 0.15) is 11.6 Å². The van der Waals surface area contributed by atoms with E-state index >= 15 is 0 Å². The molecule has 1 N–H and O–H groups in total. The molecule has 1 aromatic carbocycles. The van der Waals surface area contributed by atoms with Gasteiger partial charge in [-0.2, -0.15) is 0 Å². The van der Waals surface area contributed by atoms with Gasteiger partial charge in [0.05, 0.1) is 24.6 Å². The van der Waals surface area contributed by atoms with Crippen molar-refractivity contribution < 1.29 is 0 Å². The zero-order valence-corrected chi connectivity index (χ0v) is 13.9. The Hall–Kier alpha value is -2.54. The third-order valence-corrected chi connectivity index (χ3v) is 4.59. The van der Waals surface area contributed by atoms with Gasteiger partial charge in [-0.25, -0.2) is 4.68 Å². The molecule has 4 rings (SSSR count). The van der Waals surface area contributed by atoms with Gasteiger partial charge in [0.15, 0.2) is 0 Å². The maximum atomic E-state index is 4.33. The smallest absolute Gasteiger partial charge is 0.146 e. The van der Waals surface area contributed by atoms with Crippen LogP contribution in [0.15, 0.2) is 36.7 Å². The van der Waals surface area contributed by atoms with E-state index in [1.165, 1.54) is 18.4 Å². The van der Waals surface area contributed by atoms with Gasteiger partial charge in [-0.3, -0.25) is 0 Å². The van der Waals surface area contributed by atoms with Crippen molar-refractivity contribution in [3.63, 3.8) is 0 Å². The molecular weight excluding hydrogens is 302 g/mol. The first-order valence-corrected chi connectivity index (χ1v) is 8.30. The quantitative estimate of drug-likeness (QED) is 0.752. The summed E-state index contributed by atoms with van der Waals surface area (Å²) < 4.78 is 3.88. The van der Waals surface area contributed by atoms with Crippen molar-refractivity contribution in [3.8, 4) is 5.69 Å². The molecule has 0 spiro atoms. The van der Waals surface area contributed by atoms with Crippen LogP contribution in [-0.2, 0) is 13.6 Å². The Bertz CT molecular complexity index is 800. The molecule has 1 aliphatic rings. The van der Waals surface area contributed by atoms with Crippen molar-refractivity contribution in [1.82, 2.24) is 35.1 Å². The summed E-state index contributed by atoms with van der Waals surface area (Å²) in [6.07, 6.45) is 6.00. The zero-order valence-electron chi connectivity index (χ0n) is 13.9. The van der Waals surface area contributed by atoms with E-state index in [0.29, 0.717) is 12.5 Å². The van der Waals surface area contributed by atoms with Gasteiger partial charge in [-0.1, -0.05) is 17.3 Å². The monoisotopic (exact) mass is 323 g/mol. The molecule has 124 valence electrons. The molecule has 0 amide bonds. The molecule has 24 heavy (non-hydrogen) atoms. The summed E-state index contributed by atoms with van der Waals surface area (Å²) in [4.78, 5) is 0. The van der Waals surface area contributed by atoms with Gasteiger partial charge < -0.3 is 9.88 Å². The number of nitrogens with one attached hydrogen (secondary N) is 1. The third kappa shape index (κ3) is 2.94. The van der Waals surface area contributed by atoms with Crippen molar-refractivity contribution in [1.29, 1.82) is 0 Å². The van der Waals surface area contributed by atoms with Crippen LogP contribution in [0.25, 0.3) is 5.69 Å². The number of aromatic nitrogens is 6. The minimum absolute atomic E-state index is 0.232. The molecule has 0 saturated heterocycles. The lowest BCUT2D eigenvalue weighted by Crippen LogP contribution is -2.20. The largest absolute Gasteiger partial charge is 0.317 e. The van der Waals surface area contributed by atoms with E-state index in [1.807, 2.05) is 6.20 Å². The highest BCUT2D eigenvalue weighted by Gasteiger charge is 2.29.